The second kappa shape index (κ2) is 22.7. The van der Waals surface area contributed by atoms with Gasteiger partial charge in [0.1, 0.15) is 25.2 Å². The third-order valence-electron chi connectivity index (χ3n) is 11.6. The highest BCUT2D eigenvalue weighted by Crippen LogP contribution is 2.36. The van der Waals surface area contributed by atoms with Crippen LogP contribution in [0.2, 0.25) is 0 Å². The SMILES string of the molecule is Cc1c(CCO)cnn1CC(=O)N[C@@H](Cc1ccccc1)C(=O)N(C)c1ccc2c(c1)OCO2.Cc1nn(CC(=O)N[C@@H](Cc2ccccc2)C(=O)N(C)c2ccc3c(c2)OCO3)cc1CCO. The van der Waals surface area contributed by atoms with Crippen LogP contribution in [0.25, 0.3) is 0 Å². The molecule has 0 saturated heterocycles. The van der Waals surface area contributed by atoms with E-state index >= 15 is 0 Å². The number of amides is 4. The zero-order valence-corrected chi connectivity index (χ0v) is 38.5. The molecule has 0 radical (unpaired) electrons. The average Bonchev–Trinajstić information content (AvgIpc) is 4.16. The number of carbonyl (C=O) groups is 4. The molecule has 2 aliphatic rings. The number of likely N-dealkylation sites (N-methyl/N-ethyl adjacent to an activating group) is 2. The van der Waals surface area contributed by atoms with E-state index in [2.05, 4.69) is 20.8 Å². The molecule has 6 aromatic rings. The molecule has 2 aromatic heterocycles. The summed E-state index contributed by atoms with van der Waals surface area (Å²) in [7, 11) is 3.34. The number of hydrogen-bond donors (Lipinski definition) is 4. The van der Waals surface area contributed by atoms with E-state index in [1.165, 1.54) is 14.5 Å². The first-order valence-corrected chi connectivity index (χ1v) is 22.2. The fourth-order valence-electron chi connectivity index (χ4n) is 7.79. The molecule has 0 saturated carbocycles. The molecule has 0 fully saturated rings. The molecule has 4 aromatic carbocycles. The van der Waals surface area contributed by atoms with Crippen molar-refractivity contribution in [2.75, 3.05) is 50.7 Å². The van der Waals surface area contributed by atoms with Gasteiger partial charge < -0.3 is 49.6 Å². The zero-order chi connectivity index (χ0) is 48.2. The van der Waals surface area contributed by atoms with Crippen molar-refractivity contribution in [2.45, 2.75) is 64.7 Å². The molecule has 0 unspecified atom stereocenters. The fourth-order valence-corrected chi connectivity index (χ4v) is 7.79. The van der Waals surface area contributed by atoms with Gasteiger partial charge in [-0.25, -0.2) is 0 Å². The number of nitrogens with one attached hydrogen (secondary N) is 2. The van der Waals surface area contributed by atoms with Gasteiger partial charge in [-0.3, -0.25) is 28.5 Å². The number of aliphatic hydroxyl groups is 2. The fraction of sp³-hybridized carbons (Fsp3) is 0.320. The Balaban J connectivity index is 0.000000201. The van der Waals surface area contributed by atoms with Crippen LogP contribution < -0.4 is 39.4 Å². The summed E-state index contributed by atoms with van der Waals surface area (Å²) in [6, 6.07) is 28.1. The summed E-state index contributed by atoms with van der Waals surface area (Å²) in [6.07, 6.45) is 5.03. The molecule has 4 amide bonds. The van der Waals surface area contributed by atoms with Crippen molar-refractivity contribution in [3.05, 3.63) is 143 Å². The number of nitrogens with zero attached hydrogens (tertiary/aromatic N) is 6. The molecule has 2 atom stereocenters. The van der Waals surface area contributed by atoms with Gasteiger partial charge in [0.25, 0.3) is 0 Å². The second-order valence-corrected chi connectivity index (χ2v) is 16.3. The van der Waals surface area contributed by atoms with Gasteiger partial charge in [0, 0.05) is 75.5 Å². The summed E-state index contributed by atoms with van der Waals surface area (Å²) in [4.78, 5) is 55.8. The molecule has 0 spiro atoms. The van der Waals surface area contributed by atoms with E-state index in [9.17, 15) is 29.4 Å². The Bertz CT molecular complexity index is 2690. The molecular weight excluding hydrogens is 873 g/mol. The van der Waals surface area contributed by atoms with E-state index in [4.69, 9.17) is 18.9 Å². The molecule has 2 aliphatic heterocycles. The van der Waals surface area contributed by atoms with Crippen LogP contribution in [0.4, 0.5) is 11.4 Å². The van der Waals surface area contributed by atoms with E-state index in [-0.39, 0.29) is 63.5 Å². The molecular formula is C50H56N8O10. The number of fused-ring (bicyclic) bond motifs is 2. The van der Waals surface area contributed by atoms with E-state index in [0.717, 1.165) is 33.6 Å². The second-order valence-electron chi connectivity index (χ2n) is 16.3. The Kier molecular flexibility index (Phi) is 16.1. The smallest absolute Gasteiger partial charge is 0.249 e. The Morgan fingerprint density at radius 1 is 0.647 bits per heavy atom. The van der Waals surface area contributed by atoms with Crippen molar-refractivity contribution in [2.24, 2.45) is 0 Å². The summed E-state index contributed by atoms with van der Waals surface area (Å²) in [6.45, 7) is 3.96. The lowest BCUT2D eigenvalue weighted by molar-refractivity contribution is -0.128. The largest absolute Gasteiger partial charge is 0.454 e. The predicted octanol–water partition coefficient (Wildman–Crippen LogP) is 3.69. The van der Waals surface area contributed by atoms with Crippen LogP contribution in [-0.2, 0) is 58.0 Å². The molecule has 18 heteroatoms. The topological polar surface area (TPSA) is 212 Å². The summed E-state index contributed by atoms with van der Waals surface area (Å²) < 4.78 is 24.7. The Morgan fingerprint density at radius 3 is 1.62 bits per heavy atom. The number of anilines is 2. The first-order chi connectivity index (χ1) is 32.9. The number of aryl methyl sites for hydroxylation is 1. The molecule has 356 valence electrons. The number of rotatable bonds is 18. The molecule has 18 nitrogen and oxygen atoms in total. The first-order valence-electron chi connectivity index (χ1n) is 22.2. The number of hydrogen-bond acceptors (Lipinski definition) is 12. The van der Waals surface area contributed by atoms with Crippen LogP contribution in [0.5, 0.6) is 23.0 Å². The molecule has 0 bridgehead atoms. The van der Waals surface area contributed by atoms with Crippen molar-refractivity contribution in [1.82, 2.24) is 30.2 Å². The van der Waals surface area contributed by atoms with Gasteiger partial charge in [-0.2, -0.15) is 10.2 Å². The van der Waals surface area contributed by atoms with Gasteiger partial charge in [-0.05, 0) is 73.2 Å². The van der Waals surface area contributed by atoms with Gasteiger partial charge in [-0.1, -0.05) is 60.7 Å². The number of ether oxygens (including phenoxy) is 4. The normalized spacial score (nSPS) is 12.9. The monoisotopic (exact) mass is 928 g/mol. The minimum atomic E-state index is -0.780. The Morgan fingerprint density at radius 2 is 1.12 bits per heavy atom. The molecule has 8 rings (SSSR count). The molecule has 0 aliphatic carbocycles. The van der Waals surface area contributed by atoms with Crippen LogP contribution in [0.3, 0.4) is 0 Å². The van der Waals surface area contributed by atoms with E-state index < -0.39 is 12.1 Å². The quantitative estimate of drug-likeness (QED) is 0.0973. The highest BCUT2D eigenvalue weighted by atomic mass is 16.7. The zero-order valence-electron chi connectivity index (χ0n) is 38.5. The summed E-state index contributed by atoms with van der Waals surface area (Å²) in [5.74, 6) is 1.26. The Hall–Kier alpha value is -7.70. The van der Waals surface area contributed by atoms with Gasteiger partial charge >= 0.3 is 0 Å². The van der Waals surface area contributed by atoms with E-state index in [1.54, 1.807) is 67.6 Å². The number of aliphatic hydroxyl groups excluding tert-OH is 2. The summed E-state index contributed by atoms with van der Waals surface area (Å²) >= 11 is 0. The van der Waals surface area contributed by atoms with Gasteiger partial charge in [-0.15, -0.1) is 0 Å². The highest BCUT2D eigenvalue weighted by molar-refractivity contribution is 6.00. The van der Waals surface area contributed by atoms with Crippen molar-refractivity contribution in [1.29, 1.82) is 0 Å². The maximum atomic E-state index is 13.5. The van der Waals surface area contributed by atoms with E-state index in [0.29, 0.717) is 60.1 Å². The average molecular weight is 929 g/mol. The van der Waals surface area contributed by atoms with Crippen LogP contribution in [0, 0.1) is 13.8 Å². The maximum Gasteiger partial charge on any atom is 0.249 e. The third kappa shape index (κ3) is 12.2. The van der Waals surface area contributed by atoms with Gasteiger partial charge in [0.15, 0.2) is 23.0 Å². The maximum absolute atomic E-state index is 13.5. The predicted molar refractivity (Wildman–Crippen MR) is 252 cm³/mol. The lowest BCUT2D eigenvalue weighted by Gasteiger charge is -2.25. The van der Waals surface area contributed by atoms with E-state index in [1.807, 2.05) is 74.5 Å². The summed E-state index contributed by atoms with van der Waals surface area (Å²) in [5.41, 5.74) is 6.48. The molecule has 68 heavy (non-hydrogen) atoms. The van der Waals surface area contributed by atoms with Crippen LogP contribution in [0.15, 0.2) is 109 Å². The minimum Gasteiger partial charge on any atom is -0.454 e. The van der Waals surface area contributed by atoms with Crippen LogP contribution in [-0.4, -0.2) is 106 Å². The van der Waals surface area contributed by atoms with Crippen LogP contribution >= 0.6 is 0 Å². The van der Waals surface area contributed by atoms with Gasteiger partial charge in [0.05, 0.1) is 11.9 Å². The van der Waals surface area contributed by atoms with Crippen LogP contribution in [0.1, 0.15) is 33.6 Å². The van der Waals surface area contributed by atoms with Crippen molar-refractivity contribution in [3.8, 4) is 23.0 Å². The first kappa shape index (κ1) is 48.2. The third-order valence-corrected chi connectivity index (χ3v) is 11.6. The number of benzene rings is 4. The van der Waals surface area contributed by atoms with Crippen molar-refractivity contribution in [3.63, 3.8) is 0 Å². The molecule has 4 N–H and O–H groups in total. The van der Waals surface area contributed by atoms with Crippen molar-refractivity contribution >= 4 is 35.0 Å². The number of aromatic nitrogens is 4. The minimum absolute atomic E-state index is 0.0125. The summed E-state index contributed by atoms with van der Waals surface area (Å²) in [5, 5.41) is 32.7. The van der Waals surface area contributed by atoms with Crippen molar-refractivity contribution < 1.29 is 48.3 Å². The number of carbonyl (C=O) groups excluding carboxylic acids is 4. The lowest BCUT2D eigenvalue weighted by atomic mass is 10.0. The lowest BCUT2D eigenvalue weighted by Crippen LogP contribution is -2.49. The highest BCUT2D eigenvalue weighted by Gasteiger charge is 2.29. The van der Waals surface area contributed by atoms with Gasteiger partial charge in [0.2, 0.25) is 37.2 Å². The molecule has 4 heterocycles. The standard InChI is InChI=1S/2C25H28N4O5/c1-17-19(10-11-30)14-29(27-17)15-24(31)26-21(12-18-6-4-3-5-7-18)25(32)28(2)20-8-9-22-23(13-20)34-16-33-22;1-17-19(10-11-30)14-26-29(17)15-24(31)27-21(12-18-6-4-3-5-7-18)25(32)28(2)20-8-9-22-23(13-20)34-16-33-22/h3-9,13-14,21,30H,10-12,15-16H2,1-2H3,(H,26,31);3-9,13-14,21,30H,10-12,15-16H2,1-2H3,(H,27,31)/t2*21-/m00/s1. The Labute approximate surface area is 394 Å².